The number of aromatic nitrogens is 1. The Balaban J connectivity index is 1.87. The second-order valence-electron chi connectivity index (χ2n) is 5.68. The summed E-state index contributed by atoms with van der Waals surface area (Å²) in [5, 5.41) is 0. The lowest BCUT2D eigenvalue weighted by molar-refractivity contribution is 0.0747. The highest BCUT2D eigenvalue weighted by Crippen LogP contribution is 2.24. The van der Waals surface area contributed by atoms with E-state index in [1.54, 1.807) is 19.5 Å². The van der Waals surface area contributed by atoms with E-state index in [9.17, 15) is 4.79 Å². The third kappa shape index (κ3) is 2.82. The first-order valence-electron chi connectivity index (χ1n) is 7.59. The molecule has 4 nitrogen and oxygen atoms in total. The van der Waals surface area contributed by atoms with Gasteiger partial charge in [-0.3, -0.25) is 9.78 Å². The van der Waals surface area contributed by atoms with Gasteiger partial charge in [-0.1, -0.05) is 12.1 Å². The van der Waals surface area contributed by atoms with Crippen molar-refractivity contribution < 1.29 is 9.53 Å². The molecule has 1 amide bonds. The molecule has 0 bridgehead atoms. The molecular formula is C18H20N2O2. The van der Waals surface area contributed by atoms with Crippen LogP contribution in [0.2, 0.25) is 0 Å². The van der Waals surface area contributed by atoms with E-state index in [2.05, 4.69) is 11.9 Å². The van der Waals surface area contributed by atoms with Gasteiger partial charge in [0, 0.05) is 30.5 Å². The Kier molecular flexibility index (Phi) is 4.09. The molecule has 22 heavy (non-hydrogen) atoms. The van der Waals surface area contributed by atoms with Gasteiger partial charge in [-0.25, -0.2) is 0 Å². The Morgan fingerprint density at radius 1 is 1.23 bits per heavy atom. The fourth-order valence-electron chi connectivity index (χ4n) is 2.90. The van der Waals surface area contributed by atoms with E-state index in [1.165, 1.54) is 0 Å². The lowest BCUT2D eigenvalue weighted by Crippen LogP contribution is -2.33. The zero-order valence-electron chi connectivity index (χ0n) is 13.0. The molecule has 0 saturated carbocycles. The quantitative estimate of drug-likeness (QED) is 0.872. The van der Waals surface area contributed by atoms with E-state index in [0.717, 1.165) is 36.3 Å². The highest BCUT2D eigenvalue weighted by atomic mass is 16.5. The van der Waals surface area contributed by atoms with Crippen molar-refractivity contribution in [2.24, 2.45) is 0 Å². The number of carbonyl (C=O) groups is 1. The van der Waals surface area contributed by atoms with E-state index in [4.69, 9.17) is 4.74 Å². The van der Waals surface area contributed by atoms with E-state index >= 15 is 0 Å². The van der Waals surface area contributed by atoms with Gasteiger partial charge in [0.05, 0.1) is 12.7 Å². The smallest absolute Gasteiger partial charge is 0.255 e. The molecule has 1 aliphatic rings. The van der Waals surface area contributed by atoms with Crippen molar-refractivity contribution in [1.29, 1.82) is 0 Å². The molecule has 2 aromatic rings. The zero-order chi connectivity index (χ0) is 15.5. The molecule has 3 rings (SSSR count). The van der Waals surface area contributed by atoms with Crippen LogP contribution in [0.5, 0.6) is 5.75 Å². The summed E-state index contributed by atoms with van der Waals surface area (Å²) in [5.41, 5.74) is 2.62. The SMILES string of the molecule is COc1ccc(-c2cncc(C(=O)N3CCCC3C)c2)cc1. The monoisotopic (exact) mass is 296 g/mol. The highest BCUT2D eigenvalue weighted by molar-refractivity contribution is 5.95. The van der Waals surface area contributed by atoms with Crippen molar-refractivity contribution in [1.82, 2.24) is 9.88 Å². The molecule has 4 heteroatoms. The summed E-state index contributed by atoms with van der Waals surface area (Å²) in [7, 11) is 1.65. The third-order valence-electron chi connectivity index (χ3n) is 4.22. The Morgan fingerprint density at radius 3 is 2.64 bits per heavy atom. The van der Waals surface area contributed by atoms with Crippen LogP contribution in [0.3, 0.4) is 0 Å². The minimum Gasteiger partial charge on any atom is -0.497 e. The predicted molar refractivity (Wildman–Crippen MR) is 86.0 cm³/mol. The number of methoxy groups -OCH3 is 1. The molecule has 1 atom stereocenters. The number of rotatable bonds is 3. The van der Waals surface area contributed by atoms with Crippen molar-refractivity contribution in [3.8, 4) is 16.9 Å². The van der Waals surface area contributed by atoms with Crippen molar-refractivity contribution in [3.05, 3.63) is 48.3 Å². The highest BCUT2D eigenvalue weighted by Gasteiger charge is 2.26. The molecule has 0 aliphatic carbocycles. The van der Waals surface area contributed by atoms with Crippen LogP contribution in [0.15, 0.2) is 42.7 Å². The Hall–Kier alpha value is -2.36. The summed E-state index contributed by atoms with van der Waals surface area (Å²) >= 11 is 0. The van der Waals surface area contributed by atoms with Crippen LogP contribution in [0, 0.1) is 0 Å². The van der Waals surface area contributed by atoms with Crippen molar-refractivity contribution in [2.75, 3.05) is 13.7 Å². The van der Waals surface area contributed by atoms with Gasteiger partial charge in [0.2, 0.25) is 0 Å². The molecule has 0 spiro atoms. The van der Waals surface area contributed by atoms with Crippen LogP contribution in [-0.4, -0.2) is 35.5 Å². The summed E-state index contributed by atoms with van der Waals surface area (Å²) in [5.74, 6) is 0.891. The second-order valence-corrected chi connectivity index (χ2v) is 5.68. The van der Waals surface area contributed by atoms with E-state index in [1.807, 2.05) is 35.2 Å². The summed E-state index contributed by atoms with van der Waals surface area (Å²) in [6.07, 6.45) is 5.60. The molecule has 0 radical (unpaired) electrons. The van der Waals surface area contributed by atoms with Gasteiger partial charge in [0.25, 0.3) is 5.91 Å². The molecule has 1 aromatic carbocycles. The fraction of sp³-hybridized carbons (Fsp3) is 0.333. The van der Waals surface area contributed by atoms with Crippen molar-refractivity contribution in [2.45, 2.75) is 25.8 Å². The maximum Gasteiger partial charge on any atom is 0.255 e. The largest absolute Gasteiger partial charge is 0.497 e. The van der Waals surface area contributed by atoms with Crippen LogP contribution in [0.25, 0.3) is 11.1 Å². The van der Waals surface area contributed by atoms with E-state index in [0.29, 0.717) is 11.6 Å². The molecule has 1 fully saturated rings. The number of pyridine rings is 1. The van der Waals surface area contributed by atoms with Gasteiger partial charge in [0.1, 0.15) is 5.75 Å². The van der Waals surface area contributed by atoms with E-state index in [-0.39, 0.29) is 5.91 Å². The molecule has 1 aromatic heterocycles. The summed E-state index contributed by atoms with van der Waals surface area (Å²) in [6.45, 7) is 2.94. The average molecular weight is 296 g/mol. The number of likely N-dealkylation sites (tertiary alicyclic amines) is 1. The number of hydrogen-bond acceptors (Lipinski definition) is 3. The zero-order valence-corrected chi connectivity index (χ0v) is 13.0. The number of amides is 1. The Labute approximate surface area is 130 Å². The molecule has 1 saturated heterocycles. The number of hydrogen-bond donors (Lipinski definition) is 0. The molecular weight excluding hydrogens is 276 g/mol. The number of benzene rings is 1. The molecule has 1 unspecified atom stereocenters. The maximum absolute atomic E-state index is 12.6. The first-order valence-corrected chi connectivity index (χ1v) is 7.59. The van der Waals surface area contributed by atoms with Gasteiger partial charge >= 0.3 is 0 Å². The van der Waals surface area contributed by atoms with Gasteiger partial charge in [0.15, 0.2) is 0 Å². The molecule has 1 aliphatic heterocycles. The Morgan fingerprint density at radius 2 is 2.00 bits per heavy atom. The minimum atomic E-state index is 0.0767. The first-order chi connectivity index (χ1) is 10.7. The van der Waals surface area contributed by atoms with Gasteiger partial charge < -0.3 is 9.64 Å². The average Bonchev–Trinajstić information content (AvgIpc) is 3.00. The normalized spacial score (nSPS) is 17.5. The topological polar surface area (TPSA) is 42.4 Å². The fourth-order valence-corrected chi connectivity index (χ4v) is 2.90. The van der Waals surface area contributed by atoms with Crippen LogP contribution < -0.4 is 4.74 Å². The van der Waals surface area contributed by atoms with E-state index < -0.39 is 0 Å². The third-order valence-corrected chi connectivity index (χ3v) is 4.22. The predicted octanol–water partition coefficient (Wildman–Crippen LogP) is 3.38. The first kappa shape index (κ1) is 14.6. The summed E-state index contributed by atoms with van der Waals surface area (Å²) in [4.78, 5) is 18.8. The van der Waals surface area contributed by atoms with Crippen LogP contribution in [0.4, 0.5) is 0 Å². The summed E-state index contributed by atoms with van der Waals surface area (Å²) < 4.78 is 5.17. The van der Waals surface area contributed by atoms with Crippen molar-refractivity contribution in [3.63, 3.8) is 0 Å². The lowest BCUT2D eigenvalue weighted by atomic mass is 10.1. The molecule has 2 heterocycles. The molecule has 0 N–H and O–H groups in total. The maximum atomic E-state index is 12.6. The number of nitrogens with zero attached hydrogens (tertiary/aromatic N) is 2. The Bertz CT molecular complexity index is 667. The lowest BCUT2D eigenvalue weighted by Gasteiger charge is -2.21. The van der Waals surface area contributed by atoms with Crippen molar-refractivity contribution >= 4 is 5.91 Å². The van der Waals surface area contributed by atoms with Crippen LogP contribution in [0.1, 0.15) is 30.1 Å². The summed E-state index contributed by atoms with van der Waals surface area (Å²) in [6, 6.07) is 10.0. The van der Waals surface area contributed by atoms with Gasteiger partial charge in [-0.15, -0.1) is 0 Å². The second kappa shape index (κ2) is 6.18. The van der Waals surface area contributed by atoms with Gasteiger partial charge in [-0.05, 0) is 43.5 Å². The van der Waals surface area contributed by atoms with Crippen LogP contribution in [-0.2, 0) is 0 Å². The number of carbonyl (C=O) groups excluding carboxylic acids is 1. The number of ether oxygens (including phenoxy) is 1. The minimum absolute atomic E-state index is 0.0767. The standard InChI is InChI=1S/C18H20N2O2/c1-13-4-3-9-20(13)18(21)16-10-15(11-19-12-16)14-5-7-17(22-2)8-6-14/h5-8,10-13H,3-4,9H2,1-2H3. The molecule has 114 valence electrons. The van der Waals surface area contributed by atoms with Gasteiger partial charge in [-0.2, -0.15) is 0 Å². The van der Waals surface area contributed by atoms with Crippen LogP contribution >= 0.6 is 0 Å².